The zero-order valence-electron chi connectivity index (χ0n) is 13.9. The van der Waals surface area contributed by atoms with E-state index < -0.39 is 11.4 Å². The molecule has 0 radical (unpaired) electrons. The third-order valence-electron chi connectivity index (χ3n) is 3.56. The monoisotopic (exact) mass is 316 g/mol. The molecule has 1 aromatic carbocycles. The highest BCUT2D eigenvalue weighted by atomic mass is 19.1. The number of hydrogen-bond acceptors (Lipinski definition) is 3. The maximum absolute atomic E-state index is 14.0. The van der Waals surface area contributed by atoms with Crippen LogP contribution in [-0.4, -0.2) is 16.7 Å². The summed E-state index contributed by atoms with van der Waals surface area (Å²) in [7, 11) is 1.56. The maximum Gasteiger partial charge on any atom is 0.269 e. The Balaban J connectivity index is 0.000000924. The van der Waals surface area contributed by atoms with Crippen LogP contribution in [0.15, 0.2) is 40.9 Å². The lowest BCUT2D eigenvalue weighted by Gasteiger charge is -2.19. The first kappa shape index (κ1) is 16.9. The van der Waals surface area contributed by atoms with Crippen molar-refractivity contribution in [3.8, 4) is 0 Å². The van der Waals surface area contributed by atoms with Crippen molar-refractivity contribution in [2.75, 3.05) is 7.11 Å². The van der Waals surface area contributed by atoms with E-state index in [4.69, 9.17) is 4.74 Å². The number of ether oxygens (including phenoxy) is 1. The maximum atomic E-state index is 14.0. The Morgan fingerprint density at radius 2 is 1.91 bits per heavy atom. The summed E-state index contributed by atoms with van der Waals surface area (Å²) < 4.78 is 20.7. The highest BCUT2D eigenvalue weighted by Gasteiger charge is 2.18. The fourth-order valence-electron chi connectivity index (χ4n) is 2.61. The Morgan fingerprint density at radius 1 is 1.22 bits per heavy atom. The third-order valence-corrected chi connectivity index (χ3v) is 3.56. The topological polar surface area (TPSA) is 44.1 Å². The van der Waals surface area contributed by atoms with E-state index in [0.717, 1.165) is 12.8 Å². The van der Waals surface area contributed by atoms with E-state index in [1.807, 2.05) is 26.0 Å². The van der Waals surface area contributed by atoms with E-state index in [0.29, 0.717) is 22.8 Å². The number of nitrogens with zero attached hydrogens (tertiary/aromatic N) is 2. The molecular formula is C18H21FN2O2. The lowest BCUT2D eigenvalue weighted by Crippen LogP contribution is -2.25. The molecule has 0 spiro atoms. The van der Waals surface area contributed by atoms with Crippen LogP contribution in [0.2, 0.25) is 0 Å². The van der Waals surface area contributed by atoms with E-state index in [9.17, 15) is 9.18 Å². The Bertz CT molecular complexity index is 835. The Labute approximate surface area is 134 Å². The van der Waals surface area contributed by atoms with E-state index in [1.54, 1.807) is 26.2 Å². The van der Waals surface area contributed by atoms with Gasteiger partial charge in [0.1, 0.15) is 22.8 Å². The molecule has 1 heterocycles. The van der Waals surface area contributed by atoms with Gasteiger partial charge in [-0.15, -0.1) is 0 Å². The van der Waals surface area contributed by atoms with Gasteiger partial charge in [-0.05, 0) is 38.0 Å². The first-order chi connectivity index (χ1) is 11.1. The van der Waals surface area contributed by atoms with Crippen LogP contribution in [0.4, 0.5) is 4.39 Å². The fraction of sp³-hybridized carbons (Fsp3) is 0.333. The summed E-state index contributed by atoms with van der Waals surface area (Å²) in [5, 5.41) is 0.00465. The van der Waals surface area contributed by atoms with Crippen LogP contribution in [-0.2, 0) is 4.74 Å². The molecule has 2 aromatic rings. The molecule has 0 aliphatic heterocycles. The average Bonchev–Trinajstić information content (AvgIpc) is 2.57. The number of benzene rings is 1. The summed E-state index contributed by atoms with van der Waals surface area (Å²) in [4.78, 5) is 17.0. The van der Waals surface area contributed by atoms with Gasteiger partial charge in [0, 0.05) is 0 Å². The van der Waals surface area contributed by atoms with E-state index in [-0.39, 0.29) is 5.39 Å². The molecule has 0 unspecified atom stereocenters. The van der Waals surface area contributed by atoms with Gasteiger partial charge < -0.3 is 4.74 Å². The van der Waals surface area contributed by atoms with Gasteiger partial charge in [-0.25, -0.2) is 9.37 Å². The molecule has 1 aliphatic carbocycles. The van der Waals surface area contributed by atoms with Crippen molar-refractivity contribution in [1.82, 2.24) is 9.55 Å². The highest BCUT2D eigenvalue weighted by Crippen LogP contribution is 2.24. The van der Waals surface area contributed by atoms with Crippen molar-refractivity contribution in [2.24, 2.45) is 0 Å². The molecule has 0 saturated carbocycles. The molecule has 23 heavy (non-hydrogen) atoms. The predicted molar refractivity (Wildman–Crippen MR) is 90.6 cm³/mol. The first-order valence-electron chi connectivity index (χ1n) is 7.76. The number of aromatic nitrogens is 2. The van der Waals surface area contributed by atoms with Crippen LogP contribution < -0.4 is 5.56 Å². The number of aryl methyl sites for hydroxylation is 1. The van der Waals surface area contributed by atoms with Gasteiger partial charge in [-0.2, -0.15) is 0 Å². The van der Waals surface area contributed by atoms with Crippen LogP contribution in [0.25, 0.3) is 16.6 Å². The van der Waals surface area contributed by atoms with Crippen LogP contribution in [0.5, 0.6) is 0 Å². The summed E-state index contributed by atoms with van der Waals surface area (Å²) >= 11 is 0. The summed E-state index contributed by atoms with van der Waals surface area (Å²) in [6.45, 7) is 5.73. The molecule has 122 valence electrons. The minimum atomic E-state index is -0.557. The number of methoxy groups -OCH3 is 1. The van der Waals surface area contributed by atoms with E-state index >= 15 is 0 Å². The van der Waals surface area contributed by atoms with Crippen LogP contribution >= 0.6 is 0 Å². The molecule has 5 heteroatoms. The standard InChI is InChI=1S/C16H15FN2O2.C2H6/c1-10-18-12-7-5-6-11(17)15(12)16(20)19(10)13-8-3-4-9-14(13)21-2;1-2/h5-9H,3-4H2,1-2H3;1-2H3. The average molecular weight is 316 g/mol. The molecule has 4 nitrogen and oxygen atoms in total. The van der Waals surface area contributed by atoms with Gasteiger partial charge in [0.2, 0.25) is 0 Å². The lowest BCUT2D eigenvalue weighted by atomic mass is 10.1. The van der Waals surface area contributed by atoms with Crippen molar-refractivity contribution in [3.05, 3.63) is 58.1 Å². The van der Waals surface area contributed by atoms with Gasteiger partial charge in [0.05, 0.1) is 18.3 Å². The Kier molecular flexibility index (Phi) is 5.32. The van der Waals surface area contributed by atoms with Crippen molar-refractivity contribution in [1.29, 1.82) is 0 Å². The number of hydrogen-bond donors (Lipinski definition) is 0. The molecular weight excluding hydrogens is 295 g/mol. The van der Waals surface area contributed by atoms with E-state index in [2.05, 4.69) is 4.98 Å². The molecule has 0 fully saturated rings. The summed E-state index contributed by atoms with van der Waals surface area (Å²) in [5.74, 6) is 0.566. The van der Waals surface area contributed by atoms with Gasteiger partial charge in [0.15, 0.2) is 0 Å². The molecule has 0 N–H and O–H groups in total. The lowest BCUT2D eigenvalue weighted by molar-refractivity contribution is 0.304. The quantitative estimate of drug-likeness (QED) is 0.840. The van der Waals surface area contributed by atoms with Crippen LogP contribution in [0.1, 0.15) is 32.5 Å². The predicted octanol–water partition coefficient (Wildman–Crippen LogP) is 4.04. The Morgan fingerprint density at radius 3 is 2.61 bits per heavy atom. The zero-order chi connectivity index (χ0) is 17.0. The number of fused-ring (bicyclic) bond motifs is 1. The minimum Gasteiger partial charge on any atom is -0.495 e. The van der Waals surface area contributed by atoms with Crippen molar-refractivity contribution < 1.29 is 9.13 Å². The zero-order valence-corrected chi connectivity index (χ0v) is 13.9. The van der Waals surface area contributed by atoms with Gasteiger partial charge in [0.25, 0.3) is 5.56 Å². The summed E-state index contributed by atoms with van der Waals surface area (Å²) in [5.41, 5.74) is 0.587. The van der Waals surface area contributed by atoms with Crippen molar-refractivity contribution >= 4 is 16.6 Å². The summed E-state index contributed by atoms with van der Waals surface area (Å²) in [6, 6.07) is 4.46. The minimum absolute atomic E-state index is 0.00465. The highest BCUT2D eigenvalue weighted by molar-refractivity contribution is 5.80. The molecule has 1 aromatic heterocycles. The number of allylic oxidation sites excluding steroid dienone is 3. The smallest absolute Gasteiger partial charge is 0.269 e. The van der Waals surface area contributed by atoms with Crippen LogP contribution in [0, 0.1) is 12.7 Å². The second kappa shape index (κ2) is 7.22. The number of halogens is 1. The molecule has 1 aliphatic rings. The third kappa shape index (κ3) is 3.04. The second-order valence-corrected chi connectivity index (χ2v) is 4.87. The normalized spacial score (nSPS) is 13.8. The fourth-order valence-corrected chi connectivity index (χ4v) is 2.61. The summed E-state index contributed by atoms with van der Waals surface area (Å²) in [6.07, 6.45) is 5.51. The SMILES string of the molecule is CC.COC1=CCCC=C1n1c(C)nc2cccc(F)c2c1=O. The molecule has 3 rings (SSSR count). The molecule has 0 saturated heterocycles. The van der Waals surface area contributed by atoms with Crippen LogP contribution in [0.3, 0.4) is 0 Å². The van der Waals surface area contributed by atoms with Gasteiger partial charge >= 0.3 is 0 Å². The largest absolute Gasteiger partial charge is 0.495 e. The first-order valence-corrected chi connectivity index (χ1v) is 7.76. The van der Waals surface area contributed by atoms with Crippen molar-refractivity contribution in [3.63, 3.8) is 0 Å². The van der Waals surface area contributed by atoms with Crippen molar-refractivity contribution in [2.45, 2.75) is 33.6 Å². The number of rotatable bonds is 2. The van der Waals surface area contributed by atoms with E-state index in [1.165, 1.54) is 10.6 Å². The van der Waals surface area contributed by atoms with Gasteiger partial charge in [-0.3, -0.25) is 9.36 Å². The second-order valence-electron chi connectivity index (χ2n) is 4.87. The van der Waals surface area contributed by atoms with Gasteiger partial charge in [-0.1, -0.05) is 26.0 Å². The molecule has 0 bridgehead atoms. The molecule has 0 amide bonds. The molecule has 0 atom stereocenters. The Hall–Kier alpha value is -2.43.